The number of benzene rings is 2. The molecule has 3 aliphatic rings. The van der Waals surface area contributed by atoms with Gasteiger partial charge in [0.15, 0.2) is 17.9 Å². The van der Waals surface area contributed by atoms with E-state index in [1.165, 1.54) is 32.2 Å². The molecule has 40 heavy (non-hydrogen) atoms. The number of ether oxygens (including phenoxy) is 3. The smallest absolute Gasteiger partial charge is 0.202 e. The van der Waals surface area contributed by atoms with Gasteiger partial charge in [0.05, 0.1) is 42.1 Å². The molecule has 0 amide bonds. The SMILES string of the molecule is COc1cccc2c1C(=O)c1c(O)c3c(c(O)c1C2=O)C[C@@](O)(C(C)=O)C[C@@H]3O[C@H]1C[C@H](N(C)C)[C@H](O)[C@H](C)O1. The number of Topliss-reactive ketones (excluding diaryl/α,β-unsaturated/α-hetero) is 1. The summed E-state index contributed by atoms with van der Waals surface area (Å²) in [6.07, 6.45) is -4.02. The highest BCUT2D eigenvalue weighted by Crippen LogP contribution is 2.52. The van der Waals surface area contributed by atoms with Gasteiger partial charge in [-0.05, 0) is 34.0 Å². The Morgan fingerprint density at radius 2 is 1.77 bits per heavy atom. The van der Waals surface area contributed by atoms with Crippen molar-refractivity contribution in [3.05, 3.63) is 51.6 Å². The maximum Gasteiger partial charge on any atom is 0.202 e. The topological polar surface area (TPSA) is 163 Å². The minimum Gasteiger partial charge on any atom is -0.507 e. The number of ketones is 3. The maximum absolute atomic E-state index is 13.7. The molecule has 0 saturated carbocycles. The summed E-state index contributed by atoms with van der Waals surface area (Å²) in [7, 11) is 4.96. The molecule has 0 radical (unpaired) electrons. The van der Waals surface area contributed by atoms with Gasteiger partial charge in [0.2, 0.25) is 5.78 Å². The van der Waals surface area contributed by atoms with Gasteiger partial charge in [-0.25, -0.2) is 0 Å². The van der Waals surface area contributed by atoms with E-state index in [0.717, 1.165) is 0 Å². The molecule has 5 rings (SSSR count). The van der Waals surface area contributed by atoms with Crippen molar-refractivity contribution in [2.75, 3.05) is 21.2 Å². The van der Waals surface area contributed by atoms with Gasteiger partial charge in [0.1, 0.15) is 22.8 Å². The Bertz CT molecular complexity index is 1420. The van der Waals surface area contributed by atoms with Crippen molar-refractivity contribution in [1.29, 1.82) is 0 Å². The number of rotatable bonds is 5. The molecule has 0 spiro atoms. The lowest BCUT2D eigenvalue weighted by Gasteiger charge is -2.44. The van der Waals surface area contributed by atoms with Crippen molar-refractivity contribution in [1.82, 2.24) is 4.90 Å². The van der Waals surface area contributed by atoms with Crippen molar-refractivity contribution < 1.29 is 49.0 Å². The lowest BCUT2D eigenvalue weighted by Crippen LogP contribution is -2.54. The van der Waals surface area contributed by atoms with Crippen LogP contribution in [0, 0.1) is 0 Å². The molecule has 2 aromatic carbocycles. The highest BCUT2D eigenvalue weighted by molar-refractivity contribution is 6.31. The van der Waals surface area contributed by atoms with E-state index in [9.17, 15) is 34.8 Å². The molecular formula is C29H33NO10. The lowest BCUT2D eigenvalue weighted by atomic mass is 9.72. The maximum atomic E-state index is 13.7. The number of carbonyl (C=O) groups excluding carboxylic acids is 3. The average Bonchev–Trinajstić information content (AvgIpc) is 2.90. The number of nitrogens with zero attached hydrogens (tertiary/aromatic N) is 1. The minimum atomic E-state index is -1.99. The number of aliphatic hydroxyl groups excluding tert-OH is 1. The van der Waals surface area contributed by atoms with E-state index < -0.39 is 76.6 Å². The summed E-state index contributed by atoms with van der Waals surface area (Å²) in [5.41, 5.74) is -2.92. The number of aliphatic hydroxyl groups is 2. The molecule has 0 bridgehead atoms. The third-order valence-corrected chi connectivity index (χ3v) is 8.39. The molecule has 6 atom stereocenters. The van der Waals surface area contributed by atoms with E-state index in [4.69, 9.17) is 14.2 Å². The summed E-state index contributed by atoms with van der Waals surface area (Å²) in [4.78, 5) is 41.7. The summed E-state index contributed by atoms with van der Waals surface area (Å²) < 4.78 is 17.4. The minimum absolute atomic E-state index is 0.00480. The van der Waals surface area contributed by atoms with E-state index >= 15 is 0 Å². The van der Waals surface area contributed by atoms with E-state index in [2.05, 4.69) is 0 Å². The largest absolute Gasteiger partial charge is 0.507 e. The van der Waals surface area contributed by atoms with Crippen LogP contribution in [0.15, 0.2) is 18.2 Å². The van der Waals surface area contributed by atoms with Gasteiger partial charge in [-0.1, -0.05) is 12.1 Å². The number of hydrogen-bond donors (Lipinski definition) is 4. The lowest BCUT2D eigenvalue weighted by molar-refractivity contribution is -0.256. The molecule has 1 saturated heterocycles. The second kappa shape index (κ2) is 9.93. The molecule has 214 valence electrons. The summed E-state index contributed by atoms with van der Waals surface area (Å²) in [5.74, 6) is -3.08. The second-order valence-electron chi connectivity index (χ2n) is 11.0. The molecule has 0 unspecified atom stereocenters. The Morgan fingerprint density at radius 1 is 1.10 bits per heavy atom. The normalized spacial score (nSPS) is 29.6. The molecule has 2 aromatic rings. The zero-order valence-electron chi connectivity index (χ0n) is 22.9. The zero-order valence-corrected chi connectivity index (χ0v) is 22.9. The first-order chi connectivity index (χ1) is 18.8. The van der Waals surface area contributed by atoms with Gasteiger partial charge in [-0.15, -0.1) is 0 Å². The van der Waals surface area contributed by atoms with Crippen LogP contribution in [0.1, 0.15) is 75.8 Å². The third kappa shape index (κ3) is 4.20. The Morgan fingerprint density at radius 3 is 2.40 bits per heavy atom. The summed E-state index contributed by atoms with van der Waals surface area (Å²) in [6, 6.07) is 4.13. The summed E-state index contributed by atoms with van der Waals surface area (Å²) >= 11 is 0. The predicted octanol–water partition coefficient (Wildman–Crippen LogP) is 1.63. The van der Waals surface area contributed by atoms with Gasteiger partial charge >= 0.3 is 0 Å². The van der Waals surface area contributed by atoms with Crippen LogP contribution in [0.25, 0.3) is 0 Å². The van der Waals surface area contributed by atoms with E-state index in [1.54, 1.807) is 21.0 Å². The van der Waals surface area contributed by atoms with E-state index in [0.29, 0.717) is 0 Å². The number of methoxy groups -OCH3 is 1. The zero-order chi connectivity index (χ0) is 29.3. The van der Waals surface area contributed by atoms with Crippen LogP contribution in [0.2, 0.25) is 0 Å². The summed E-state index contributed by atoms with van der Waals surface area (Å²) in [5, 5.41) is 44.9. The number of carbonyl (C=O) groups is 3. The molecule has 11 nitrogen and oxygen atoms in total. The monoisotopic (exact) mass is 555 g/mol. The molecule has 1 heterocycles. The van der Waals surface area contributed by atoms with Crippen LogP contribution >= 0.6 is 0 Å². The number of phenolic OH excluding ortho intramolecular Hbond substituents is 2. The molecule has 0 aromatic heterocycles. The fraction of sp³-hybridized carbons (Fsp3) is 0.483. The fourth-order valence-electron chi connectivity index (χ4n) is 6.11. The fourth-order valence-corrected chi connectivity index (χ4v) is 6.11. The van der Waals surface area contributed by atoms with Crippen molar-refractivity contribution in [2.45, 2.75) is 69.4 Å². The number of phenols is 2. The average molecular weight is 556 g/mol. The van der Waals surface area contributed by atoms with Crippen molar-refractivity contribution >= 4 is 17.3 Å². The van der Waals surface area contributed by atoms with Crippen LogP contribution in [0.5, 0.6) is 17.2 Å². The van der Waals surface area contributed by atoms with Gasteiger partial charge in [0.25, 0.3) is 0 Å². The van der Waals surface area contributed by atoms with E-state index in [1.807, 2.05) is 4.90 Å². The Hall–Kier alpha value is -3.35. The molecule has 11 heteroatoms. The predicted molar refractivity (Wildman–Crippen MR) is 140 cm³/mol. The van der Waals surface area contributed by atoms with Crippen molar-refractivity contribution in [2.24, 2.45) is 0 Å². The van der Waals surface area contributed by atoms with Gasteiger partial charge in [-0.3, -0.25) is 14.4 Å². The van der Waals surface area contributed by atoms with Crippen LogP contribution < -0.4 is 4.74 Å². The molecular weight excluding hydrogens is 522 g/mol. The van der Waals surface area contributed by atoms with Gasteiger partial charge in [-0.2, -0.15) is 0 Å². The third-order valence-electron chi connectivity index (χ3n) is 8.39. The molecule has 1 fully saturated rings. The summed E-state index contributed by atoms with van der Waals surface area (Å²) in [6.45, 7) is 2.89. The Labute approximate surface area is 230 Å². The number of aromatic hydroxyl groups is 2. The van der Waals surface area contributed by atoms with E-state index in [-0.39, 0.29) is 46.9 Å². The number of fused-ring (bicyclic) bond motifs is 3. The highest BCUT2D eigenvalue weighted by Gasteiger charge is 2.49. The van der Waals surface area contributed by atoms with Gasteiger partial charge < -0.3 is 39.5 Å². The first kappa shape index (κ1) is 28.2. The Kier molecular flexibility index (Phi) is 7.00. The van der Waals surface area contributed by atoms with Crippen LogP contribution in [0.4, 0.5) is 0 Å². The second-order valence-corrected chi connectivity index (χ2v) is 11.0. The quantitative estimate of drug-likeness (QED) is 0.339. The van der Waals surface area contributed by atoms with Gasteiger partial charge in [0, 0.05) is 42.0 Å². The van der Waals surface area contributed by atoms with Crippen LogP contribution in [-0.2, 0) is 20.7 Å². The number of hydrogen-bond acceptors (Lipinski definition) is 11. The first-order valence-electron chi connectivity index (χ1n) is 13.1. The standard InChI is InChI=1S/C29H33NO10/c1-12-24(32)16(30(3)4)9-19(39-12)40-18-11-29(37,13(2)31)10-15-21(18)28(36)23-22(26(15)34)25(33)14-7-6-8-17(38-5)20(14)27(23)35/h6-8,12,16,18-19,24,32,34,36-37H,9-11H2,1-5H3/t12-,16-,18-,19-,24+,29-/m0/s1. The first-order valence-corrected chi connectivity index (χ1v) is 13.1. The molecule has 1 aliphatic heterocycles. The van der Waals surface area contributed by atoms with Crippen LogP contribution in [0.3, 0.4) is 0 Å². The number of likely N-dealkylation sites (N-methyl/N-ethyl adjacent to an activating group) is 1. The Balaban J connectivity index is 1.66. The van der Waals surface area contributed by atoms with Crippen LogP contribution in [-0.4, -0.2) is 94.0 Å². The molecule has 4 N–H and O–H groups in total. The highest BCUT2D eigenvalue weighted by atomic mass is 16.7. The van der Waals surface area contributed by atoms with Crippen molar-refractivity contribution in [3.8, 4) is 17.2 Å². The van der Waals surface area contributed by atoms with Crippen molar-refractivity contribution in [3.63, 3.8) is 0 Å². The molecule has 2 aliphatic carbocycles.